The number of anilines is 1. The van der Waals surface area contributed by atoms with Gasteiger partial charge in [-0.3, -0.25) is 4.79 Å². The van der Waals surface area contributed by atoms with Crippen molar-refractivity contribution in [3.8, 4) is 0 Å². The summed E-state index contributed by atoms with van der Waals surface area (Å²) >= 11 is 1.43. The number of likely N-dealkylation sites (tertiary alicyclic amines) is 1. The second-order valence-corrected chi connectivity index (χ2v) is 7.88. The van der Waals surface area contributed by atoms with E-state index in [1.807, 2.05) is 13.8 Å². The van der Waals surface area contributed by atoms with E-state index in [0.29, 0.717) is 10.8 Å². The van der Waals surface area contributed by atoms with E-state index in [-0.39, 0.29) is 18.6 Å². The molecule has 1 aromatic heterocycles. The van der Waals surface area contributed by atoms with Crippen LogP contribution in [0.25, 0.3) is 0 Å². The summed E-state index contributed by atoms with van der Waals surface area (Å²) in [6.45, 7) is 7.80. The Hall–Kier alpha value is -1.18. The second-order valence-electron chi connectivity index (χ2n) is 6.88. The van der Waals surface area contributed by atoms with Crippen molar-refractivity contribution in [2.24, 2.45) is 11.8 Å². The number of amides is 1. The third-order valence-corrected chi connectivity index (χ3v) is 6.06. The number of rotatable bonds is 8. The van der Waals surface area contributed by atoms with Gasteiger partial charge in [-0.2, -0.15) is 0 Å². The molecular weight excluding hydrogens is 324 g/mol. The van der Waals surface area contributed by atoms with Gasteiger partial charge in [-0.25, -0.2) is 4.98 Å². The Labute approximate surface area is 147 Å². The summed E-state index contributed by atoms with van der Waals surface area (Å²) in [5.74, 6) is 1.32. The van der Waals surface area contributed by atoms with E-state index in [0.717, 1.165) is 49.3 Å². The van der Waals surface area contributed by atoms with Gasteiger partial charge in [0.05, 0.1) is 5.69 Å². The standard InChI is InChI=1S/C17H28N4O2S/c1-3-18-17-19-11(2)15(24-17)16(23)20-14-10-21(7-4-8-22)9-13(14)12-5-6-12/h12-14,22H,3-10H2,1-2H3,(H,18,19)(H,20,23)/t13-,14+/m0/s1. The fourth-order valence-corrected chi connectivity index (χ4v) is 4.55. The van der Waals surface area contributed by atoms with Crippen LogP contribution in [0.3, 0.4) is 0 Å². The van der Waals surface area contributed by atoms with Crippen molar-refractivity contribution in [1.29, 1.82) is 0 Å². The number of hydrogen-bond acceptors (Lipinski definition) is 6. The topological polar surface area (TPSA) is 77.5 Å². The van der Waals surface area contributed by atoms with Crippen LogP contribution in [0.1, 0.15) is 41.6 Å². The number of thiazole rings is 1. The molecule has 0 spiro atoms. The number of carbonyl (C=O) groups excluding carboxylic acids is 1. The predicted molar refractivity (Wildman–Crippen MR) is 96.6 cm³/mol. The lowest BCUT2D eigenvalue weighted by Crippen LogP contribution is -2.41. The van der Waals surface area contributed by atoms with Gasteiger partial charge >= 0.3 is 0 Å². The molecule has 3 rings (SSSR count). The molecule has 1 aromatic rings. The van der Waals surface area contributed by atoms with Gasteiger partial charge in [0.1, 0.15) is 4.88 Å². The molecule has 1 saturated carbocycles. The number of carbonyl (C=O) groups is 1. The number of aromatic nitrogens is 1. The first-order valence-corrected chi connectivity index (χ1v) is 9.79. The van der Waals surface area contributed by atoms with Crippen molar-refractivity contribution >= 4 is 22.4 Å². The number of nitrogens with one attached hydrogen (secondary N) is 2. The summed E-state index contributed by atoms with van der Waals surface area (Å²) in [7, 11) is 0. The van der Waals surface area contributed by atoms with Gasteiger partial charge in [-0.1, -0.05) is 11.3 Å². The summed E-state index contributed by atoms with van der Waals surface area (Å²) in [6, 6.07) is 0.216. The van der Waals surface area contributed by atoms with E-state index >= 15 is 0 Å². The molecule has 134 valence electrons. The molecule has 0 bridgehead atoms. The number of nitrogens with zero attached hydrogens (tertiary/aromatic N) is 2. The minimum Gasteiger partial charge on any atom is -0.396 e. The largest absolute Gasteiger partial charge is 0.396 e. The monoisotopic (exact) mass is 352 g/mol. The number of aryl methyl sites for hydroxylation is 1. The van der Waals surface area contributed by atoms with Gasteiger partial charge in [-0.05, 0) is 44.9 Å². The van der Waals surface area contributed by atoms with Crippen molar-refractivity contribution in [2.45, 2.75) is 39.2 Å². The van der Waals surface area contributed by atoms with Crippen LogP contribution in [0, 0.1) is 18.8 Å². The van der Waals surface area contributed by atoms with E-state index in [9.17, 15) is 4.79 Å². The van der Waals surface area contributed by atoms with E-state index < -0.39 is 0 Å². The highest BCUT2D eigenvalue weighted by atomic mass is 32.1. The van der Waals surface area contributed by atoms with Crippen LogP contribution in [0.15, 0.2) is 0 Å². The van der Waals surface area contributed by atoms with Crippen LogP contribution in [-0.2, 0) is 0 Å². The van der Waals surface area contributed by atoms with Gasteiger partial charge in [-0.15, -0.1) is 0 Å². The zero-order valence-corrected chi connectivity index (χ0v) is 15.4. The van der Waals surface area contributed by atoms with Gasteiger partial charge in [0.2, 0.25) is 0 Å². The van der Waals surface area contributed by atoms with Crippen molar-refractivity contribution < 1.29 is 9.90 Å². The molecule has 2 aliphatic rings. The van der Waals surface area contributed by atoms with Gasteiger partial charge < -0.3 is 20.6 Å². The van der Waals surface area contributed by atoms with Crippen molar-refractivity contribution in [3.63, 3.8) is 0 Å². The second kappa shape index (κ2) is 7.80. The van der Waals surface area contributed by atoms with Crippen molar-refractivity contribution in [3.05, 3.63) is 10.6 Å². The van der Waals surface area contributed by atoms with Crippen LogP contribution in [0.2, 0.25) is 0 Å². The molecule has 1 aliphatic carbocycles. The molecule has 2 fully saturated rings. The van der Waals surface area contributed by atoms with Crippen molar-refractivity contribution in [1.82, 2.24) is 15.2 Å². The van der Waals surface area contributed by atoms with E-state index in [4.69, 9.17) is 5.11 Å². The molecule has 3 N–H and O–H groups in total. The number of aliphatic hydroxyl groups excluding tert-OH is 1. The van der Waals surface area contributed by atoms with E-state index in [1.165, 1.54) is 24.2 Å². The summed E-state index contributed by atoms with van der Waals surface area (Å²) in [6.07, 6.45) is 3.38. The zero-order chi connectivity index (χ0) is 17.1. The smallest absolute Gasteiger partial charge is 0.263 e. The first-order chi connectivity index (χ1) is 11.6. The van der Waals surface area contributed by atoms with Crippen molar-refractivity contribution in [2.75, 3.05) is 38.1 Å². The average Bonchev–Trinajstić information content (AvgIpc) is 3.22. The maximum atomic E-state index is 12.7. The first-order valence-electron chi connectivity index (χ1n) is 8.97. The maximum Gasteiger partial charge on any atom is 0.263 e. The van der Waals surface area contributed by atoms with Crippen LogP contribution >= 0.6 is 11.3 Å². The molecule has 0 aromatic carbocycles. The summed E-state index contributed by atoms with van der Waals surface area (Å²) in [5.41, 5.74) is 0.798. The number of hydrogen-bond donors (Lipinski definition) is 3. The highest BCUT2D eigenvalue weighted by Gasteiger charge is 2.43. The highest BCUT2D eigenvalue weighted by molar-refractivity contribution is 7.17. The minimum atomic E-state index is 0.00816. The molecule has 1 aliphatic heterocycles. The van der Waals surface area contributed by atoms with Gasteiger partial charge in [0.15, 0.2) is 5.13 Å². The van der Waals surface area contributed by atoms with Gasteiger partial charge in [0.25, 0.3) is 5.91 Å². The van der Waals surface area contributed by atoms with Crippen LogP contribution in [0.4, 0.5) is 5.13 Å². The normalized spacial score (nSPS) is 24.3. The fourth-order valence-electron chi connectivity index (χ4n) is 3.61. The molecule has 2 heterocycles. The van der Waals surface area contributed by atoms with E-state index in [2.05, 4.69) is 20.5 Å². The Bertz CT molecular complexity index is 573. The average molecular weight is 353 g/mol. The maximum absolute atomic E-state index is 12.7. The Kier molecular flexibility index (Phi) is 5.73. The molecule has 1 amide bonds. The lowest BCUT2D eigenvalue weighted by molar-refractivity contribution is 0.0931. The lowest BCUT2D eigenvalue weighted by Gasteiger charge is -2.19. The molecule has 1 saturated heterocycles. The molecule has 7 heteroatoms. The first kappa shape index (κ1) is 17.6. The number of aliphatic hydroxyl groups is 1. The summed E-state index contributed by atoms with van der Waals surface area (Å²) in [4.78, 5) is 20.2. The molecular formula is C17H28N4O2S. The van der Waals surface area contributed by atoms with Crippen LogP contribution < -0.4 is 10.6 Å². The molecule has 0 unspecified atom stereocenters. The molecule has 6 nitrogen and oxygen atoms in total. The Morgan fingerprint density at radius 3 is 2.88 bits per heavy atom. The van der Waals surface area contributed by atoms with Gasteiger partial charge in [0, 0.05) is 38.8 Å². The molecule has 24 heavy (non-hydrogen) atoms. The third-order valence-electron chi connectivity index (χ3n) is 4.95. The van der Waals surface area contributed by atoms with Crippen LogP contribution in [-0.4, -0.2) is 59.7 Å². The summed E-state index contributed by atoms with van der Waals surface area (Å²) < 4.78 is 0. The minimum absolute atomic E-state index is 0.00816. The zero-order valence-electron chi connectivity index (χ0n) is 14.5. The molecule has 0 radical (unpaired) electrons. The third kappa shape index (κ3) is 4.07. The Morgan fingerprint density at radius 2 is 2.21 bits per heavy atom. The highest BCUT2D eigenvalue weighted by Crippen LogP contribution is 2.41. The predicted octanol–water partition coefficient (Wildman–Crippen LogP) is 1.71. The fraction of sp³-hybridized carbons (Fsp3) is 0.765. The Balaban J connectivity index is 1.63. The summed E-state index contributed by atoms with van der Waals surface area (Å²) in [5, 5.41) is 16.3. The quantitative estimate of drug-likeness (QED) is 0.664. The lowest BCUT2D eigenvalue weighted by atomic mass is 9.98. The van der Waals surface area contributed by atoms with Crippen LogP contribution in [0.5, 0.6) is 0 Å². The SMILES string of the molecule is CCNc1nc(C)c(C(=O)N[C@@H]2CN(CCCO)C[C@H]2C2CC2)s1. The van der Waals surface area contributed by atoms with E-state index in [1.54, 1.807) is 0 Å². The molecule has 2 atom stereocenters. The Morgan fingerprint density at radius 1 is 1.42 bits per heavy atom.